The Labute approximate surface area is 76.7 Å². The highest BCUT2D eigenvalue weighted by Crippen LogP contribution is 2.15. The average molecular weight is 201 g/mol. The predicted octanol–water partition coefficient (Wildman–Crippen LogP) is 0.0949. The molecule has 0 unspecified atom stereocenters. The first kappa shape index (κ1) is 9.66. The molecule has 0 aliphatic heterocycles. The van der Waals surface area contributed by atoms with Crippen LogP contribution in [0.15, 0.2) is 9.59 Å². The van der Waals surface area contributed by atoms with Crippen LogP contribution in [-0.2, 0) is 0 Å². The fourth-order valence-corrected chi connectivity index (χ4v) is 1.47. The maximum absolute atomic E-state index is 11.1. The summed E-state index contributed by atoms with van der Waals surface area (Å²) in [6, 6.07) is 0. The lowest BCUT2D eigenvalue weighted by atomic mass is 10.2. The molecule has 1 aromatic heterocycles. The molecular weight excluding hydrogens is 194 g/mol. The first-order valence-corrected chi connectivity index (χ1v) is 4.37. The highest BCUT2D eigenvalue weighted by atomic mass is 32.1. The molecule has 70 valence electrons. The molecule has 0 fully saturated rings. The van der Waals surface area contributed by atoms with Crippen LogP contribution in [0.2, 0.25) is 0 Å². The van der Waals surface area contributed by atoms with E-state index >= 15 is 0 Å². The number of ketones is 1. The normalized spacial score (nSPS) is 9.92. The van der Waals surface area contributed by atoms with E-state index < -0.39 is 21.3 Å². The molecular formula is C7H7NO4S. The number of H-pyrrole nitrogens is 1. The predicted molar refractivity (Wildman–Crippen MR) is 47.5 cm³/mol. The number of carbonyl (C=O) groups excluding carboxylic acids is 1. The van der Waals surface area contributed by atoms with Gasteiger partial charge in [-0.3, -0.25) is 19.4 Å². The van der Waals surface area contributed by atoms with Crippen molar-refractivity contribution >= 4 is 17.1 Å². The largest absolute Gasteiger partial charge is 0.499 e. The molecule has 0 aliphatic carbocycles. The number of Topliss-reactive ketones (excluding diaryl/α,β-unsaturated/α-hetero) is 1. The van der Waals surface area contributed by atoms with Gasteiger partial charge in [0, 0.05) is 6.42 Å². The first-order valence-electron chi connectivity index (χ1n) is 3.55. The van der Waals surface area contributed by atoms with E-state index in [4.69, 9.17) is 5.11 Å². The number of rotatable bonds is 2. The molecule has 0 bridgehead atoms. The molecule has 0 spiro atoms. The molecule has 0 radical (unpaired) electrons. The second-order valence-corrected chi connectivity index (χ2v) is 3.26. The number of aromatic nitrogens is 1. The minimum absolute atomic E-state index is 0.113. The van der Waals surface area contributed by atoms with Crippen LogP contribution in [-0.4, -0.2) is 15.9 Å². The van der Waals surface area contributed by atoms with E-state index in [2.05, 4.69) is 0 Å². The van der Waals surface area contributed by atoms with E-state index in [-0.39, 0.29) is 12.0 Å². The van der Waals surface area contributed by atoms with Gasteiger partial charge in [-0.05, 0) is 11.3 Å². The number of nitrogens with one attached hydrogen (secondary N) is 1. The lowest BCUT2D eigenvalue weighted by Crippen LogP contribution is -2.22. The lowest BCUT2D eigenvalue weighted by molar-refractivity contribution is 0.0984. The quantitative estimate of drug-likeness (QED) is 0.664. The Kier molecular flexibility index (Phi) is 2.62. The van der Waals surface area contributed by atoms with Crippen molar-refractivity contribution in [1.29, 1.82) is 0 Å². The van der Waals surface area contributed by atoms with E-state index in [1.54, 1.807) is 6.92 Å². The molecule has 5 nitrogen and oxygen atoms in total. The topological polar surface area (TPSA) is 87.2 Å². The van der Waals surface area contributed by atoms with Crippen LogP contribution >= 0.6 is 11.3 Å². The summed E-state index contributed by atoms with van der Waals surface area (Å²) < 4.78 is 0. The SMILES string of the molecule is CCC(=O)c1c(O)sc(=O)[nH]c1=O. The highest BCUT2D eigenvalue weighted by molar-refractivity contribution is 7.11. The van der Waals surface area contributed by atoms with E-state index in [1.807, 2.05) is 4.98 Å². The summed E-state index contributed by atoms with van der Waals surface area (Å²) in [5, 5.41) is 8.64. The summed E-state index contributed by atoms with van der Waals surface area (Å²) in [5.74, 6) is -0.477. The van der Waals surface area contributed by atoms with Gasteiger partial charge in [0.15, 0.2) is 10.8 Å². The van der Waals surface area contributed by atoms with Crippen LogP contribution < -0.4 is 10.4 Å². The maximum Gasteiger partial charge on any atom is 0.310 e. The number of carbonyl (C=O) groups is 1. The van der Waals surface area contributed by atoms with Gasteiger partial charge in [-0.2, -0.15) is 0 Å². The summed E-state index contributed by atoms with van der Waals surface area (Å²) in [4.78, 5) is 34.0. The van der Waals surface area contributed by atoms with Crippen molar-refractivity contribution in [2.45, 2.75) is 13.3 Å². The second-order valence-electron chi connectivity index (χ2n) is 2.30. The van der Waals surface area contributed by atoms with E-state index in [0.717, 1.165) is 0 Å². The molecule has 2 N–H and O–H groups in total. The van der Waals surface area contributed by atoms with Crippen molar-refractivity contribution in [2.75, 3.05) is 0 Å². The summed E-state index contributed by atoms with van der Waals surface area (Å²) >= 11 is 0.440. The molecule has 0 aliphatic rings. The Morgan fingerprint density at radius 1 is 1.54 bits per heavy atom. The Morgan fingerprint density at radius 3 is 2.62 bits per heavy atom. The van der Waals surface area contributed by atoms with Crippen molar-refractivity contribution in [3.8, 4) is 5.06 Å². The zero-order chi connectivity index (χ0) is 10.0. The van der Waals surface area contributed by atoms with Crippen LogP contribution in [0, 0.1) is 0 Å². The van der Waals surface area contributed by atoms with Gasteiger partial charge in [0.2, 0.25) is 0 Å². The molecule has 0 aromatic carbocycles. The molecule has 0 saturated heterocycles. The number of aromatic amines is 1. The summed E-state index contributed by atoms with van der Waals surface area (Å²) in [6.45, 7) is 1.57. The van der Waals surface area contributed by atoms with Crippen molar-refractivity contribution in [3.05, 3.63) is 25.6 Å². The fourth-order valence-electron chi connectivity index (χ4n) is 0.839. The minimum Gasteiger partial charge on any atom is -0.499 e. The zero-order valence-corrected chi connectivity index (χ0v) is 7.60. The first-order chi connectivity index (χ1) is 6.06. The third kappa shape index (κ3) is 1.83. The lowest BCUT2D eigenvalue weighted by Gasteiger charge is -1.96. The second kappa shape index (κ2) is 3.53. The summed E-state index contributed by atoms with van der Waals surface area (Å²) in [6.07, 6.45) is 0.113. The molecule has 6 heteroatoms. The van der Waals surface area contributed by atoms with Crippen LogP contribution in [0.25, 0.3) is 0 Å². The molecule has 13 heavy (non-hydrogen) atoms. The minimum atomic E-state index is -0.826. The van der Waals surface area contributed by atoms with Crippen molar-refractivity contribution in [1.82, 2.24) is 4.98 Å². The standard InChI is InChI=1S/C7H7NO4S/c1-2-3(9)4-5(10)8-7(12)13-6(4)11/h11H,2H2,1H3,(H,8,10,12). The highest BCUT2D eigenvalue weighted by Gasteiger charge is 2.15. The van der Waals surface area contributed by atoms with Crippen LogP contribution in [0.5, 0.6) is 5.06 Å². The number of hydrogen-bond donors (Lipinski definition) is 2. The Bertz CT molecular complexity index is 445. The number of aromatic hydroxyl groups is 1. The number of hydrogen-bond acceptors (Lipinski definition) is 5. The van der Waals surface area contributed by atoms with E-state index in [0.29, 0.717) is 11.3 Å². The molecule has 1 aromatic rings. The smallest absolute Gasteiger partial charge is 0.310 e. The van der Waals surface area contributed by atoms with Gasteiger partial charge in [0.1, 0.15) is 5.56 Å². The average Bonchev–Trinajstić information content (AvgIpc) is 2.02. The van der Waals surface area contributed by atoms with Gasteiger partial charge in [0.25, 0.3) is 5.56 Å². The summed E-state index contributed by atoms with van der Waals surface area (Å²) in [7, 11) is 0. The Morgan fingerprint density at radius 2 is 2.15 bits per heavy atom. The monoisotopic (exact) mass is 201 g/mol. The van der Waals surface area contributed by atoms with E-state index in [9.17, 15) is 14.4 Å². The van der Waals surface area contributed by atoms with Crippen molar-refractivity contribution < 1.29 is 9.90 Å². The van der Waals surface area contributed by atoms with Gasteiger partial charge in [-0.15, -0.1) is 0 Å². The molecule has 1 rings (SSSR count). The molecule has 0 amide bonds. The molecule has 0 atom stereocenters. The summed E-state index contributed by atoms with van der Waals surface area (Å²) in [5.41, 5.74) is -1.15. The van der Waals surface area contributed by atoms with Gasteiger partial charge >= 0.3 is 4.87 Å². The van der Waals surface area contributed by atoms with Gasteiger partial charge < -0.3 is 5.11 Å². The molecule has 1 heterocycles. The van der Waals surface area contributed by atoms with Crippen molar-refractivity contribution in [3.63, 3.8) is 0 Å². The molecule has 0 saturated carbocycles. The van der Waals surface area contributed by atoms with E-state index in [1.165, 1.54) is 0 Å². The van der Waals surface area contributed by atoms with Gasteiger partial charge in [-0.1, -0.05) is 6.92 Å². The van der Waals surface area contributed by atoms with Crippen LogP contribution in [0.3, 0.4) is 0 Å². The van der Waals surface area contributed by atoms with Gasteiger partial charge in [0.05, 0.1) is 0 Å². The van der Waals surface area contributed by atoms with Gasteiger partial charge in [-0.25, -0.2) is 0 Å². The van der Waals surface area contributed by atoms with Crippen molar-refractivity contribution in [2.24, 2.45) is 0 Å². The third-order valence-electron chi connectivity index (χ3n) is 1.45. The van der Waals surface area contributed by atoms with Crippen LogP contribution in [0.1, 0.15) is 23.7 Å². The van der Waals surface area contributed by atoms with Crippen LogP contribution in [0.4, 0.5) is 0 Å². The third-order valence-corrected chi connectivity index (χ3v) is 2.13. The Balaban J connectivity index is 3.46. The Hall–Kier alpha value is -1.43. The fraction of sp³-hybridized carbons (Fsp3) is 0.286. The maximum atomic E-state index is 11.1. The zero-order valence-electron chi connectivity index (χ0n) is 6.79.